The van der Waals surface area contributed by atoms with Gasteiger partial charge in [-0.15, -0.1) is 0 Å². The molecule has 0 aromatic heterocycles. The molecule has 0 saturated heterocycles. The van der Waals surface area contributed by atoms with Gasteiger partial charge in [0.2, 0.25) is 0 Å². The van der Waals surface area contributed by atoms with E-state index in [0.717, 1.165) is 0 Å². The zero-order valence-electron chi connectivity index (χ0n) is 4.20. The minimum atomic E-state index is 0. The van der Waals surface area contributed by atoms with Gasteiger partial charge in [0.05, 0.1) is 0 Å². The van der Waals surface area contributed by atoms with Gasteiger partial charge in [0.15, 0.2) is 0 Å². The maximum absolute atomic E-state index is 7.55. The van der Waals surface area contributed by atoms with Gasteiger partial charge < -0.3 is 0 Å². The van der Waals surface area contributed by atoms with Crippen molar-refractivity contribution >= 4 is 0 Å². The zero-order chi connectivity index (χ0) is 4.12. The second kappa shape index (κ2) is 15.9. The third kappa shape index (κ3) is 17.7. The van der Waals surface area contributed by atoms with E-state index in [4.69, 9.17) is 10.5 Å². The van der Waals surface area contributed by atoms with Crippen molar-refractivity contribution in [3.63, 3.8) is 0 Å². The summed E-state index contributed by atoms with van der Waals surface area (Å²) in [5.74, 6) is 0. The summed E-state index contributed by atoms with van der Waals surface area (Å²) in [4.78, 5) is 3.12. The topological polar surface area (TPSA) is 47.6 Å². The fourth-order valence-electron chi connectivity index (χ4n) is 0.0151. The summed E-state index contributed by atoms with van der Waals surface area (Å²) >= 11 is 0.646. The Morgan fingerprint density at radius 3 is 1.29 bits per heavy atom. The van der Waals surface area contributed by atoms with Crippen molar-refractivity contribution in [1.82, 2.24) is 0 Å². The van der Waals surface area contributed by atoms with Crippen LogP contribution in [0.2, 0.25) is 0 Å². The van der Waals surface area contributed by atoms with Crippen LogP contribution in [0.1, 0.15) is 0 Å². The van der Waals surface area contributed by atoms with Crippen molar-refractivity contribution < 1.29 is 118 Å². The van der Waals surface area contributed by atoms with Crippen LogP contribution in [0.4, 0.5) is 0 Å². The van der Waals surface area contributed by atoms with Crippen LogP contribution in [0.3, 0.4) is 0 Å². The Balaban J connectivity index is -0.0000000800. The van der Waals surface area contributed by atoms with E-state index in [0.29, 0.717) is 15.0 Å². The van der Waals surface area contributed by atoms with Crippen LogP contribution in [0, 0.1) is 20.5 Å². The largest absolute Gasteiger partial charge is 1.00 e. The van der Waals surface area contributed by atoms with Crippen LogP contribution in [0.25, 0.3) is 0 Å². The van der Waals surface area contributed by atoms with Crippen molar-refractivity contribution in [3.8, 4) is 9.94 Å². The predicted octanol–water partition coefficient (Wildman–Crippen LogP) is -5.96. The summed E-state index contributed by atoms with van der Waals surface area (Å²) in [5.41, 5.74) is 0. The van der Waals surface area contributed by atoms with Gasteiger partial charge in [-0.05, 0) is 0 Å². The molecular formula is C2CuK2N2. The SMILES string of the molecule is N#[C][Cu-2][C]#N.[K+].[K+]. The summed E-state index contributed by atoms with van der Waals surface area (Å²) < 4.78 is 0. The molecule has 0 radical (unpaired) electrons. The Morgan fingerprint density at radius 1 is 1.00 bits per heavy atom. The molecule has 0 heterocycles. The molecule has 0 rings (SSSR count). The van der Waals surface area contributed by atoms with Gasteiger partial charge >= 0.3 is 138 Å². The second-order valence-electron chi connectivity index (χ2n) is 0.210. The zero-order valence-corrected chi connectivity index (χ0v) is 11.4. The molecule has 0 aromatic rings. The van der Waals surface area contributed by atoms with Crippen molar-refractivity contribution in [3.05, 3.63) is 0 Å². The van der Waals surface area contributed by atoms with Crippen LogP contribution in [-0.2, 0) is 15.0 Å². The number of nitrogens with zero attached hydrogens (tertiary/aromatic N) is 2. The molecule has 0 fully saturated rings. The van der Waals surface area contributed by atoms with E-state index in [1.54, 1.807) is 9.94 Å². The first kappa shape index (κ1) is 16.4. The van der Waals surface area contributed by atoms with E-state index in [2.05, 4.69) is 0 Å². The molecule has 0 bridgehead atoms. The van der Waals surface area contributed by atoms with Crippen molar-refractivity contribution in [2.45, 2.75) is 0 Å². The average Bonchev–Trinajstić information content (AvgIpc) is 1.41. The Morgan fingerprint density at radius 2 is 1.29 bits per heavy atom. The number of nitriles is 2. The molecule has 0 aliphatic rings. The van der Waals surface area contributed by atoms with Gasteiger partial charge in [0.1, 0.15) is 0 Å². The molecule has 0 aliphatic heterocycles. The number of rotatable bonds is 0. The molecule has 7 heavy (non-hydrogen) atoms. The van der Waals surface area contributed by atoms with Crippen LogP contribution >= 0.6 is 0 Å². The molecule has 5 heteroatoms. The summed E-state index contributed by atoms with van der Waals surface area (Å²) in [5, 5.41) is 15.1. The fourth-order valence-corrected chi connectivity index (χ4v) is 0.0622. The second-order valence-corrected chi connectivity index (χ2v) is 0.867. The molecule has 0 amide bonds. The van der Waals surface area contributed by atoms with E-state index in [9.17, 15) is 0 Å². The minimum absolute atomic E-state index is 0. The van der Waals surface area contributed by atoms with E-state index in [1.807, 2.05) is 0 Å². The van der Waals surface area contributed by atoms with E-state index in [-0.39, 0.29) is 103 Å². The maximum Gasteiger partial charge on any atom is 1.00 e. The summed E-state index contributed by atoms with van der Waals surface area (Å²) in [6.07, 6.45) is 0. The molecule has 31 valence electrons. The van der Waals surface area contributed by atoms with Crippen molar-refractivity contribution in [2.75, 3.05) is 0 Å². The molecule has 0 spiro atoms. The third-order valence-corrected chi connectivity index (χ3v) is 0.278. The first-order valence-corrected chi connectivity index (χ1v) is 1.69. The maximum atomic E-state index is 7.55. The van der Waals surface area contributed by atoms with Gasteiger partial charge in [-0.3, -0.25) is 0 Å². The van der Waals surface area contributed by atoms with Crippen molar-refractivity contribution in [1.29, 1.82) is 10.5 Å². The van der Waals surface area contributed by atoms with Crippen LogP contribution in [0.15, 0.2) is 0 Å². The fraction of sp³-hybridized carbons (Fsp3) is 0. The first-order chi connectivity index (χ1) is 2.41. The normalized spacial score (nSPS) is 3.71. The Bertz CT molecular complexity index is 78.8. The van der Waals surface area contributed by atoms with Crippen LogP contribution in [-0.4, -0.2) is 0 Å². The molecule has 0 aliphatic carbocycles. The van der Waals surface area contributed by atoms with Crippen molar-refractivity contribution in [2.24, 2.45) is 0 Å². The average molecular weight is 194 g/mol. The van der Waals surface area contributed by atoms with Gasteiger partial charge in [-0.25, -0.2) is 0 Å². The molecular weight excluding hydrogens is 194 g/mol. The van der Waals surface area contributed by atoms with Gasteiger partial charge in [-0.2, -0.15) is 0 Å². The van der Waals surface area contributed by atoms with Gasteiger partial charge in [0, 0.05) is 0 Å². The molecule has 0 saturated carbocycles. The van der Waals surface area contributed by atoms with E-state index in [1.165, 1.54) is 0 Å². The molecule has 0 aromatic carbocycles. The Kier molecular flexibility index (Phi) is 37.3. The minimum Gasteiger partial charge on any atom is 1.00 e. The van der Waals surface area contributed by atoms with E-state index >= 15 is 0 Å². The Hall–Kier alpha value is 2.77. The van der Waals surface area contributed by atoms with E-state index < -0.39 is 0 Å². The quantitative estimate of drug-likeness (QED) is 0.360. The summed E-state index contributed by atoms with van der Waals surface area (Å²) in [7, 11) is 0. The molecule has 0 N–H and O–H groups in total. The molecule has 2 nitrogen and oxygen atoms in total. The smallest absolute Gasteiger partial charge is 1.00 e. The first-order valence-electron chi connectivity index (χ1n) is 0.749. The molecule has 0 atom stereocenters. The number of hydrogen-bond donors (Lipinski definition) is 0. The predicted molar refractivity (Wildman–Crippen MR) is 11.2 cm³/mol. The standard InChI is InChI=1S/2CN.Cu.2K/c2*1-2;;;/q;;-2;2*+1. The van der Waals surface area contributed by atoms with Crippen LogP contribution < -0.4 is 103 Å². The molecule has 0 unspecified atom stereocenters. The Labute approximate surface area is 134 Å². The monoisotopic (exact) mass is 193 g/mol. The van der Waals surface area contributed by atoms with Gasteiger partial charge in [0.25, 0.3) is 0 Å². The number of hydrogen-bond acceptors (Lipinski definition) is 2. The van der Waals surface area contributed by atoms with Crippen LogP contribution in [0.5, 0.6) is 0 Å². The third-order valence-electron chi connectivity index (χ3n) is 0.0674. The summed E-state index contributed by atoms with van der Waals surface area (Å²) in [6.45, 7) is 0. The van der Waals surface area contributed by atoms with Gasteiger partial charge in [-0.1, -0.05) is 0 Å². The summed E-state index contributed by atoms with van der Waals surface area (Å²) in [6, 6.07) is 0.